The van der Waals surface area contributed by atoms with Crippen molar-refractivity contribution in [3.63, 3.8) is 0 Å². The molecule has 0 amide bonds. The number of aromatic nitrogens is 1. The highest BCUT2D eigenvalue weighted by Gasteiger charge is 2.13. The number of rotatable bonds is 3. The van der Waals surface area contributed by atoms with E-state index in [1.807, 2.05) is 11.3 Å². The molecule has 1 atom stereocenters. The van der Waals surface area contributed by atoms with Crippen molar-refractivity contribution in [2.75, 3.05) is 6.54 Å². The first kappa shape index (κ1) is 12.6. The third kappa shape index (κ3) is 2.92. The maximum atomic E-state index is 4.72. The van der Waals surface area contributed by atoms with Crippen LogP contribution in [0, 0.1) is 0 Å². The first-order valence-corrected chi connectivity index (χ1v) is 8.20. The Morgan fingerprint density at radius 1 is 1.39 bits per heavy atom. The Labute approximate surface area is 120 Å². The van der Waals surface area contributed by atoms with Gasteiger partial charge in [0.1, 0.15) is 0 Å². The molecule has 1 aromatic carbocycles. The summed E-state index contributed by atoms with van der Waals surface area (Å²) in [5.41, 5.74) is 1.13. The number of nitrogens with zero attached hydrogens (tertiary/aromatic N) is 1. The second-order valence-corrected chi connectivity index (χ2v) is 6.94. The smallest absolute Gasteiger partial charge is 0.0939 e. The normalized spacial score (nSPS) is 20.4. The van der Waals surface area contributed by atoms with Crippen molar-refractivity contribution in [3.05, 3.63) is 27.7 Å². The summed E-state index contributed by atoms with van der Waals surface area (Å²) in [6, 6.07) is 7.05. The highest BCUT2D eigenvalue weighted by atomic mass is 79.9. The van der Waals surface area contributed by atoms with E-state index in [1.165, 1.54) is 41.9 Å². The first-order valence-electron chi connectivity index (χ1n) is 6.59. The summed E-state index contributed by atoms with van der Waals surface area (Å²) in [5.74, 6) is 0. The fraction of sp³-hybridized carbons (Fsp3) is 0.500. The molecule has 96 valence electrons. The lowest BCUT2D eigenvalue weighted by atomic mass is 10.0. The Bertz CT molecular complexity index is 532. The largest absolute Gasteiger partial charge is 0.314 e. The standard InChI is InChI=1S/C14H17BrN2S/c15-10-4-6-13-12(9-10)17-14(18-13)7-5-11-3-1-2-8-16-11/h4,6,9,11,16H,1-3,5,7-8H2. The lowest BCUT2D eigenvalue weighted by Crippen LogP contribution is -2.34. The molecule has 3 rings (SSSR count). The second kappa shape index (κ2) is 5.68. The Morgan fingerprint density at radius 2 is 2.33 bits per heavy atom. The molecule has 0 bridgehead atoms. The molecule has 1 saturated heterocycles. The summed E-state index contributed by atoms with van der Waals surface area (Å²) in [4.78, 5) is 4.72. The van der Waals surface area contributed by atoms with Gasteiger partial charge in [0.15, 0.2) is 0 Å². The predicted molar refractivity (Wildman–Crippen MR) is 81.3 cm³/mol. The average Bonchev–Trinajstić information content (AvgIpc) is 2.79. The molecule has 1 fully saturated rings. The minimum absolute atomic E-state index is 0.706. The van der Waals surface area contributed by atoms with Gasteiger partial charge >= 0.3 is 0 Å². The number of halogens is 1. The molecule has 0 aliphatic carbocycles. The van der Waals surface area contributed by atoms with Crippen molar-refractivity contribution in [1.82, 2.24) is 10.3 Å². The highest BCUT2D eigenvalue weighted by molar-refractivity contribution is 9.10. The lowest BCUT2D eigenvalue weighted by Gasteiger charge is -2.22. The molecular weight excluding hydrogens is 308 g/mol. The molecule has 0 radical (unpaired) electrons. The Kier molecular flexibility index (Phi) is 3.97. The monoisotopic (exact) mass is 324 g/mol. The lowest BCUT2D eigenvalue weighted by molar-refractivity contribution is 0.383. The van der Waals surface area contributed by atoms with Crippen LogP contribution in [0.1, 0.15) is 30.7 Å². The molecule has 0 spiro atoms. The van der Waals surface area contributed by atoms with E-state index in [0.717, 1.165) is 16.4 Å². The van der Waals surface area contributed by atoms with E-state index in [1.54, 1.807) is 0 Å². The van der Waals surface area contributed by atoms with Gasteiger partial charge in [-0.1, -0.05) is 22.4 Å². The zero-order valence-corrected chi connectivity index (χ0v) is 12.7. The number of piperidine rings is 1. The van der Waals surface area contributed by atoms with Crippen LogP contribution in [-0.4, -0.2) is 17.6 Å². The van der Waals surface area contributed by atoms with Crippen molar-refractivity contribution in [2.45, 2.75) is 38.1 Å². The number of nitrogens with one attached hydrogen (secondary N) is 1. The zero-order chi connectivity index (χ0) is 12.4. The van der Waals surface area contributed by atoms with Crippen LogP contribution in [0.3, 0.4) is 0 Å². The molecule has 4 heteroatoms. The zero-order valence-electron chi connectivity index (χ0n) is 10.3. The van der Waals surface area contributed by atoms with E-state index >= 15 is 0 Å². The molecule has 2 nitrogen and oxygen atoms in total. The van der Waals surface area contributed by atoms with Gasteiger partial charge in [0, 0.05) is 16.9 Å². The maximum Gasteiger partial charge on any atom is 0.0939 e. The van der Waals surface area contributed by atoms with Gasteiger partial charge in [-0.15, -0.1) is 11.3 Å². The summed E-state index contributed by atoms with van der Waals surface area (Å²) in [6.07, 6.45) is 6.38. The molecule has 1 unspecified atom stereocenters. The van der Waals surface area contributed by atoms with Gasteiger partial charge in [-0.3, -0.25) is 0 Å². The summed E-state index contributed by atoms with van der Waals surface area (Å²) in [6.45, 7) is 1.19. The van der Waals surface area contributed by atoms with Gasteiger partial charge in [0.2, 0.25) is 0 Å². The van der Waals surface area contributed by atoms with Gasteiger partial charge < -0.3 is 5.32 Å². The Balaban J connectivity index is 1.67. The number of fused-ring (bicyclic) bond motifs is 1. The molecule has 0 saturated carbocycles. The van der Waals surface area contributed by atoms with Gasteiger partial charge in [0.25, 0.3) is 0 Å². The average molecular weight is 325 g/mol. The van der Waals surface area contributed by atoms with E-state index in [9.17, 15) is 0 Å². The van der Waals surface area contributed by atoms with Crippen molar-refractivity contribution >= 4 is 37.5 Å². The van der Waals surface area contributed by atoms with Crippen LogP contribution in [-0.2, 0) is 6.42 Å². The van der Waals surface area contributed by atoms with Crippen LogP contribution in [0.25, 0.3) is 10.2 Å². The number of benzene rings is 1. The summed E-state index contributed by atoms with van der Waals surface area (Å²) in [7, 11) is 0. The molecule has 2 aromatic rings. The Morgan fingerprint density at radius 3 is 3.17 bits per heavy atom. The SMILES string of the molecule is Brc1ccc2sc(CCC3CCCCN3)nc2c1. The third-order valence-corrected chi connectivity index (χ3v) is 5.10. The minimum Gasteiger partial charge on any atom is -0.314 e. The maximum absolute atomic E-state index is 4.72. The quantitative estimate of drug-likeness (QED) is 0.918. The molecule has 2 heterocycles. The molecule has 1 N–H and O–H groups in total. The minimum atomic E-state index is 0.706. The number of hydrogen-bond donors (Lipinski definition) is 1. The summed E-state index contributed by atoms with van der Waals surface area (Å²) in [5, 5.41) is 4.88. The van der Waals surface area contributed by atoms with E-state index in [2.05, 4.69) is 39.4 Å². The van der Waals surface area contributed by atoms with Crippen LogP contribution >= 0.6 is 27.3 Å². The predicted octanol–water partition coefficient (Wildman–Crippen LogP) is 4.13. The van der Waals surface area contributed by atoms with Crippen LogP contribution < -0.4 is 5.32 Å². The first-order chi connectivity index (χ1) is 8.81. The molecular formula is C14H17BrN2S. The van der Waals surface area contributed by atoms with Gasteiger partial charge in [0.05, 0.1) is 15.2 Å². The fourth-order valence-corrected chi connectivity index (χ4v) is 3.84. The van der Waals surface area contributed by atoms with Crippen molar-refractivity contribution < 1.29 is 0 Å². The van der Waals surface area contributed by atoms with Gasteiger partial charge in [-0.25, -0.2) is 4.98 Å². The second-order valence-electron chi connectivity index (χ2n) is 4.91. The van der Waals surface area contributed by atoms with Crippen LogP contribution in [0.15, 0.2) is 22.7 Å². The molecule has 1 aliphatic rings. The van der Waals surface area contributed by atoms with Gasteiger partial charge in [-0.05, 0) is 44.0 Å². The molecule has 1 aliphatic heterocycles. The summed E-state index contributed by atoms with van der Waals surface area (Å²) < 4.78 is 2.41. The van der Waals surface area contributed by atoms with E-state index < -0.39 is 0 Å². The van der Waals surface area contributed by atoms with Crippen molar-refractivity contribution in [3.8, 4) is 0 Å². The topological polar surface area (TPSA) is 24.9 Å². The molecule has 18 heavy (non-hydrogen) atoms. The fourth-order valence-electron chi connectivity index (χ4n) is 2.52. The number of hydrogen-bond acceptors (Lipinski definition) is 3. The highest BCUT2D eigenvalue weighted by Crippen LogP contribution is 2.26. The molecule has 1 aromatic heterocycles. The van der Waals surface area contributed by atoms with Crippen LogP contribution in [0.4, 0.5) is 0 Å². The van der Waals surface area contributed by atoms with Crippen molar-refractivity contribution in [2.24, 2.45) is 0 Å². The Hall–Kier alpha value is -0.450. The van der Waals surface area contributed by atoms with E-state index in [4.69, 9.17) is 4.98 Å². The summed E-state index contributed by atoms with van der Waals surface area (Å²) >= 11 is 5.33. The van der Waals surface area contributed by atoms with Crippen LogP contribution in [0.5, 0.6) is 0 Å². The number of thiazole rings is 1. The van der Waals surface area contributed by atoms with E-state index in [-0.39, 0.29) is 0 Å². The number of aryl methyl sites for hydroxylation is 1. The van der Waals surface area contributed by atoms with Crippen molar-refractivity contribution in [1.29, 1.82) is 0 Å². The van der Waals surface area contributed by atoms with E-state index in [0.29, 0.717) is 6.04 Å². The van der Waals surface area contributed by atoms with Crippen LogP contribution in [0.2, 0.25) is 0 Å². The third-order valence-electron chi connectivity index (χ3n) is 3.51. The van der Waals surface area contributed by atoms with Gasteiger partial charge in [-0.2, -0.15) is 0 Å².